The summed E-state index contributed by atoms with van der Waals surface area (Å²) in [6.45, 7) is 6.16. The molecule has 0 bridgehead atoms. The van der Waals surface area contributed by atoms with Crippen molar-refractivity contribution in [2.24, 2.45) is 11.2 Å². The zero-order chi connectivity index (χ0) is 33.1. The van der Waals surface area contributed by atoms with Gasteiger partial charge < -0.3 is 14.7 Å². The lowest BCUT2D eigenvalue weighted by atomic mass is 10.1. The van der Waals surface area contributed by atoms with Gasteiger partial charge in [-0.25, -0.2) is 22.6 Å². The highest BCUT2D eigenvalue weighted by atomic mass is 32.2. The molecule has 1 aliphatic heterocycles. The maximum absolute atomic E-state index is 13.5. The maximum atomic E-state index is 13.5. The summed E-state index contributed by atoms with van der Waals surface area (Å²) in [7, 11) is -4.44. The van der Waals surface area contributed by atoms with Gasteiger partial charge in [0.1, 0.15) is 19.2 Å². The molecule has 2 heterocycles. The number of carbonyl (C=O) groups excluding carboxylic acids is 2. The van der Waals surface area contributed by atoms with E-state index in [9.17, 15) is 36.4 Å². The minimum atomic E-state index is -4.72. The number of esters is 1. The van der Waals surface area contributed by atoms with Crippen LogP contribution in [-0.2, 0) is 35.3 Å². The average molecular weight is 655 g/mol. The number of hydrogen-bond donors (Lipinski definition) is 1. The molecule has 0 spiro atoms. The van der Waals surface area contributed by atoms with Crippen molar-refractivity contribution in [3.8, 4) is 16.9 Å². The number of aromatic nitrogens is 2. The summed E-state index contributed by atoms with van der Waals surface area (Å²) in [5, 5.41) is 20.0. The Morgan fingerprint density at radius 3 is 2.29 bits per heavy atom. The molecular formula is C27H29F3N6O8S. The van der Waals surface area contributed by atoms with Gasteiger partial charge in [-0.05, 0) is 37.3 Å². The number of hydrazine groups is 1. The SMILES string of the molecule is Cc1ccc(-c2cc(C(F)(F)F)nn2-c2ccc(S(=O)(=O)NC(=O)OC3CN([N+]([O-])=NOC(C)OC(=O)C(C)C)C3)cc2)cc1. The van der Waals surface area contributed by atoms with Crippen LogP contribution in [0.25, 0.3) is 16.9 Å². The lowest BCUT2D eigenvalue weighted by Crippen LogP contribution is -2.56. The van der Waals surface area contributed by atoms with E-state index in [4.69, 9.17) is 14.3 Å². The fourth-order valence-electron chi connectivity index (χ4n) is 3.87. The number of benzene rings is 2. The fraction of sp³-hybridized carbons (Fsp3) is 0.370. The largest absolute Gasteiger partial charge is 0.569 e. The summed E-state index contributed by atoms with van der Waals surface area (Å²) >= 11 is 0. The molecule has 14 nitrogen and oxygen atoms in total. The van der Waals surface area contributed by atoms with Crippen LogP contribution in [0.5, 0.6) is 0 Å². The summed E-state index contributed by atoms with van der Waals surface area (Å²) in [4.78, 5) is 28.3. The second-order valence-corrected chi connectivity index (χ2v) is 12.0. The fourth-order valence-corrected chi connectivity index (χ4v) is 4.75. The summed E-state index contributed by atoms with van der Waals surface area (Å²) in [6, 6.07) is 12.3. The maximum Gasteiger partial charge on any atom is 0.435 e. The molecule has 1 aromatic heterocycles. The van der Waals surface area contributed by atoms with Gasteiger partial charge >= 0.3 is 18.2 Å². The Kier molecular flexibility index (Phi) is 9.55. The van der Waals surface area contributed by atoms with E-state index in [1.807, 2.05) is 6.92 Å². The monoisotopic (exact) mass is 654 g/mol. The zero-order valence-corrected chi connectivity index (χ0v) is 25.2. The summed E-state index contributed by atoms with van der Waals surface area (Å²) < 4.78 is 78.6. The highest BCUT2D eigenvalue weighted by Crippen LogP contribution is 2.33. The van der Waals surface area contributed by atoms with Gasteiger partial charge in [-0.15, -0.1) is 5.01 Å². The molecule has 1 atom stereocenters. The van der Waals surface area contributed by atoms with E-state index in [1.54, 1.807) is 42.8 Å². The lowest BCUT2D eigenvalue weighted by molar-refractivity contribution is -0.728. The number of ether oxygens (including phenoxy) is 2. The van der Waals surface area contributed by atoms with Gasteiger partial charge in [0.25, 0.3) is 16.3 Å². The minimum absolute atomic E-state index is 0.0668. The predicted octanol–water partition coefficient (Wildman–Crippen LogP) is 4.32. The molecule has 1 fully saturated rings. The van der Waals surface area contributed by atoms with Crippen LogP contribution in [0.4, 0.5) is 18.0 Å². The lowest BCUT2D eigenvalue weighted by Gasteiger charge is -2.33. The van der Waals surface area contributed by atoms with E-state index in [2.05, 4.69) is 10.4 Å². The van der Waals surface area contributed by atoms with Gasteiger partial charge in [-0.1, -0.05) is 43.7 Å². The number of amides is 1. The van der Waals surface area contributed by atoms with Gasteiger partial charge in [0.15, 0.2) is 5.69 Å². The van der Waals surface area contributed by atoms with Crippen molar-refractivity contribution in [2.45, 2.75) is 51.2 Å². The second kappa shape index (κ2) is 13.0. The van der Waals surface area contributed by atoms with Crippen LogP contribution in [-0.4, -0.2) is 65.7 Å². The first kappa shape index (κ1) is 33.0. The van der Waals surface area contributed by atoms with Gasteiger partial charge in [0, 0.05) is 12.5 Å². The smallest absolute Gasteiger partial charge is 0.435 e. The molecule has 2 aromatic carbocycles. The summed E-state index contributed by atoms with van der Waals surface area (Å²) in [5.41, 5.74) is 0.510. The quantitative estimate of drug-likeness (QED) is 0.109. The molecule has 1 saturated heterocycles. The van der Waals surface area contributed by atoms with Crippen molar-refractivity contribution in [1.82, 2.24) is 19.5 Å². The van der Waals surface area contributed by atoms with Crippen LogP contribution in [0.1, 0.15) is 32.0 Å². The molecule has 1 amide bonds. The van der Waals surface area contributed by atoms with Crippen LogP contribution < -0.4 is 4.72 Å². The number of sulfonamides is 1. The molecule has 0 radical (unpaired) electrons. The highest BCUT2D eigenvalue weighted by Gasteiger charge is 2.38. The van der Waals surface area contributed by atoms with Crippen molar-refractivity contribution in [2.75, 3.05) is 13.1 Å². The van der Waals surface area contributed by atoms with E-state index in [0.29, 0.717) is 5.56 Å². The Morgan fingerprint density at radius 2 is 1.71 bits per heavy atom. The first-order valence-electron chi connectivity index (χ1n) is 13.4. The molecule has 242 valence electrons. The van der Waals surface area contributed by atoms with Crippen LogP contribution in [0, 0.1) is 18.0 Å². The number of nitrogens with zero attached hydrogens (tertiary/aromatic N) is 5. The number of nitrogens with one attached hydrogen (secondary N) is 1. The van der Waals surface area contributed by atoms with E-state index < -0.39 is 52.3 Å². The number of carbonyl (C=O) groups is 2. The molecule has 1 N–H and O–H groups in total. The molecule has 0 saturated carbocycles. The Bertz CT molecular complexity index is 1670. The minimum Gasteiger partial charge on any atom is -0.569 e. The van der Waals surface area contributed by atoms with Crippen molar-refractivity contribution < 1.29 is 50.5 Å². The molecule has 1 aliphatic rings. The standard InChI is InChI=1S/C27H29F3N6O8S/c1-16(2)25(37)42-18(4)44-33-36(39)34-14-21(15-34)43-26(38)32-45(40,41)22-11-9-20(10-12-22)35-23(13-24(31-35)27(28,29)30)19-7-5-17(3)6-8-19/h5-13,16,18,21H,14-15H2,1-4H3,(H,32,38). The molecule has 4 rings (SSSR count). The third kappa shape index (κ3) is 8.20. The van der Waals surface area contributed by atoms with Crippen molar-refractivity contribution in [3.05, 3.63) is 71.1 Å². The van der Waals surface area contributed by atoms with E-state index >= 15 is 0 Å². The van der Waals surface area contributed by atoms with Gasteiger partial charge in [-0.3, -0.25) is 9.63 Å². The zero-order valence-electron chi connectivity index (χ0n) is 24.4. The topological polar surface area (TPSA) is 167 Å². The molecule has 18 heteroatoms. The van der Waals surface area contributed by atoms with Crippen molar-refractivity contribution in [3.63, 3.8) is 0 Å². The number of alkyl halides is 3. The Hall–Kier alpha value is -4.87. The van der Waals surface area contributed by atoms with Crippen molar-refractivity contribution >= 4 is 22.1 Å². The molecular weight excluding hydrogens is 625 g/mol. The van der Waals surface area contributed by atoms with Crippen molar-refractivity contribution in [1.29, 1.82) is 0 Å². The molecule has 45 heavy (non-hydrogen) atoms. The molecule has 0 aliphatic carbocycles. The van der Waals surface area contributed by atoms with Crippen LogP contribution >= 0.6 is 0 Å². The molecule has 1 unspecified atom stereocenters. The third-order valence-corrected chi connectivity index (χ3v) is 7.65. The predicted molar refractivity (Wildman–Crippen MR) is 148 cm³/mol. The third-order valence-electron chi connectivity index (χ3n) is 6.32. The number of aryl methyl sites for hydroxylation is 1. The Balaban J connectivity index is 1.36. The number of hydrogen-bond acceptors (Lipinski definition) is 10. The second-order valence-electron chi connectivity index (χ2n) is 10.3. The average Bonchev–Trinajstić information content (AvgIpc) is 3.40. The first-order chi connectivity index (χ1) is 21.0. The van der Waals surface area contributed by atoms with Gasteiger partial charge in [0.05, 0.1) is 27.2 Å². The molecule has 3 aromatic rings. The Morgan fingerprint density at radius 1 is 1.09 bits per heavy atom. The van der Waals surface area contributed by atoms with Gasteiger partial charge in [-0.2, -0.15) is 18.3 Å². The van der Waals surface area contributed by atoms with E-state index in [-0.39, 0.29) is 34.3 Å². The highest BCUT2D eigenvalue weighted by molar-refractivity contribution is 7.90. The van der Waals surface area contributed by atoms with Crippen LogP contribution in [0.3, 0.4) is 0 Å². The number of rotatable bonds is 10. The summed E-state index contributed by atoms with van der Waals surface area (Å²) in [5.74, 6) is -0.953. The van der Waals surface area contributed by atoms with E-state index in [1.165, 1.54) is 19.1 Å². The van der Waals surface area contributed by atoms with Gasteiger partial charge in [0.2, 0.25) is 5.28 Å². The van der Waals surface area contributed by atoms with Crippen LogP contribution in [0.2, 0.25) is 0 Å². The van der Waals surface area contributed by atoms with E-state index in [0.717, 1.165) is 33.5 Å². The number of halogens is 3. The Labute approximate surface area is 255 Å². The van der Waals surface area contributed by atoms with Crippen LogP contribution in [0.15, 0.2) is 64.8 Å². The summed E-state index contributed by atoms with van der Waals surface area (Å²) in [6.07, 6.45) is -8.01. The first-order valence-corrected chi connectivity index (χ1v) is 14.9. The normalized spacial score (nSPS) is 14.9.